The zero-order valence-electron chi connectivity index (χ0n) is 12.3. The summed E-state index contributed by atoms with van der Waals surface area (Å²) in [4.78, 5) is 4.54. The molecule has 2 aromatic heterocycles. The molecule has 2 heterocycles. The van der Waals surface area contributed by atoms with Crippen molar-refractivity contribution in [2.45, 2.75) is 13.8 Å². The average Bonchev–Trinajstić information content (AvgIpc) is 2.95. The van der Waals surface area contributed by atoms with Crippen molar-refractivity contribution < 1.29 is 4.74 Å². The SMILES string of the molecule is COc1ccc2c(c1)c1cc(C)cc(C)c1n1ccnc21. The maximum absolute atomic E-state index is 5.40. The maximum atomic E-state index is 5.40. The van der Waals surface area contributed by atoms with E-state index in [9.17, 15) is 0 Å². The van der Waals surface area contributed by atoms with Crippen molar-refractivity contribution in [1.29, 1.82) is 0 Å². The summed E-state index contributed by atoms with van der Waals surface area (Å²) >= 11 is 0. The van der Waals surface area contributed by atoms with Gasteiger partial charge in [0.05, 0.1) is 12.6 Å². The topological polar surface area (TPSA) is 26.5 Å². The van der Waals surface area contributed by atoms with Crippen LogP contribution >= 0.6 is 0 Å². The van der Waals surface area contributed by atoms with Gasteiger partial charge in [0.2, 0.25) is 0 Å². The molecular formula is C18H16N2O. The van der Waals surface area contributed by atoms with Gasteiger partial charge in [-0.25, -0.2) is 4.98 Å². The number of pyridine rings is 1. The molecule has 0 fully saturated rings. The maximum Gasteiger partial charge on any atom is 0.145 e. The Hall–Kier alpha value is -2.55. The molecule has 104 valence electrons. The number of aryl methyl sites for hydroxylation is 2. The molecule has 0 unspecified atom stereocenters. The van der Waals surface area contributed by atoms with Crippen LogP contribution in [0.4, 0.5) is 0 Å². The summed E-state index contributed by atoms with van der Waals surface area (Å²) in [6.07, 6.45) is 3.89. The zero-order chi connectivity index (χ0) is 14.6. The van der Waals surface area contributed by atoms with Gasteiger partial charge in [-0.15, -0.1) is 0 Å². The van der Waals surface area contributed by atoms with Crippen LogP contribution in [0.15, 0.2) is 42.7 Å². The number of imidazole rings is 1. The van der Waals surface area contributed by atoms with Crippen molar-refractivity contribution >= 4 is 27.3 Å². The molecule has 0 atom stereocenters. The van der Waals surface area contributed by atoms with Gasteiger partial charge in [-0.2, -0.15) is 0 Å². The van der Waals surface area contributed by atoms with Gasteiger partial charge in [0, 0.05) is 23.2 Å². The second-order valence-corrected chi connectivity index (χ2v) is 5.51. The van der Waals surface area contributed by atoms with E-state index in [1.807, 2.05) is 18.5 Å². The second-order valence-electron chi connectivity index (χ2n) is 5.51. The smallest absolute Gasteiger partial charge is 0.145 e. The molecule has 0 saturated heterocycles. The Morgan fingerprint density at radius 3 is 2.67 bits per heavy atom. The molecule has 0 bridgehead atoms. The number of rotatable bonds is 1. The van der Waals surface area contributed by atoms with Crippen molar-refractivity contribution in [3.8, 4) is 5.75 Å². The molecule has 21 heavy (non-hydrogen) atoms. The molecule has 3 heteroatoms. The van der Waals surface area contributed by atoms with Crippen molar-refractivity contribution in [3.63, 3.8) is 0 Å². The largest absolute Gasteiger partial charge is 0.497 e. The van der Waals surface area contributed by atoms with Gasteiger partial charge in [0.15, 0.2) is 0 Å². The lowest BCUT2D eigenvalue weighted by molar-refractivity contribution is 0.415. The normalized spacial score (nSPS) is 11.6. The van der Waals surface area contributed by atoms with Crippen LogP contribution in [0, 0.1) is 13.8 Å². The zero-order valence-corrected chi connectivity index (χ0v) is 12.3. The van der Waals surface area contributed by atoms with Crippen LogP contribution in [0.2, 0.25) is 0 Å². The van der Waals surface area contributed by atoms with E-state index in [0.29, 0.717) is 0 Å². The van der Waals surface area contributed by atoms with Crippen LogP contribution in [0.25, 0.3) is 27.3 Å². The highest BCUT2D eigenvalue weighted by molar-refractivity contribution is 6.12. The molecule has 0 aliphatic carbocycles. The Balaban J connectivity index is 2.37. The quantitative estimate of drug-likeness (QED) is 0.485. The molecule has 0 aliphatic heterocycles. The molecule has 4 aromatic rings. The standard InChI is InChI=1S/C18H16N2O/c1-11-8-12(2)17-16(9-11)15-10-13(21-3)4-5-14(15)18-19-6-7-20(17)18/h4-10H,1-3H3. The number of benzene rings is 2. The van der Waals surface area contributed by atoms with Gasteiger partial charge < -0.3 is 4.74 Å². The summed E-state index contributed by atoms with van der Waals surface area (Å²) in [7, 11) is 1.70. The third-order valence-corrected chi connectivity index (χ3v) is 4.08. The lowest BCUT2D eigenvalue weighted by Crippen LogP contribution is -1.94. The number of fused-ring (bicyclic) bond motifs is 6. The van der Waals surface area contributed by atoms with Gasteiger partial charge in [-0.05, 0) is 49.1 Å². The summed E-state index contributed by atoms with van der Waals surface area (Å²) in [6.45, 7) is 4.29. The molecule has 3 nitrogen and oxygen atoms in total. The lowest BCUT2D eigenvalue weighted by atomic mass is 10.0. The predicted octanol–water partition coefficient (Wildman–Crippen LogP) is 4.27. The van der Waals surface area contributed by atoms with Gasteiger partial charge in [0.25, 0.3) is 0 Å². The second kappa shape index (κ2) is 4.22. The van der Waals surface area contributed by atoms with Gasteiger partial charge in [-0.1, -0.05) is 11.6 Å². The van der Waals surface area contributed by atoms with Crippen LogP contribution < -0.4 is 4.74 Å². The summed E-state index contributed by atoms with van der Waals surface area (Å²) in [5.74, 6) is 0.874. The molecule has 0 N–H and O–H groups in total. The number of aromatic nitrogens is 2. The number of hydrogen-bond donors (Lipinski definition) is 0. The Morgan fingerprint density at radius 2 is 1.86 bits per heavy atom. The third kappa shape index (κ3) is 1.64. The van der Waals surface area contributed by atoms with Crippen LogP contribution in [0.3, 0.4) is 0 Å². The highest BCUT2D eigenvalue weighted by Gasteiger charge is 2.12. The number of hydrogen-bond acceptors (Lipinski definition) is 2. The van der Waals surface area contributed by atoms with E-state index in [-0.39, 0.29) is 0 Å². The number of methoxy groups -OCH3 is 1. The first-order chi connectivity index (χ1) is 10.2. The molecule has 0 radical (unpaired) electrons. The summed E-state index contributed by atoms with van der Waals surface area (Å²) < 4.78 is 7.58. The monoisotopic (exact) mass is 276 g/mol. The lowest BCUT2D eigenvalue weighted by Gasteiger charge is -2.12. The van der Waals surface area contributed by atoms with E-state index in [0.717, 1.165) is 16.8 Å². The predicted molar refractivity (Wildman–Crippen MR) is 86.2 cm³/mol. The van der Waals surface area contributed by atoms with Crippen molar-refractivity contribution in [2.75, 3.05) is 7.11 Å². The number of ether oxygens (including phenoxy) is 1. The van der Waals surface area contributed by atoms with Crippen molar-refractivity contribution in [2.24, 2.45) is 0 Å². The number of nitrogens with zero attached hydrogens (tertiary/aromatic N) is 2. The fourth-order valence-corrected chi connectivity index (χ4v) is 3.24. The average molecular weight is 276 g/mol. The summed E-state index contributed by atoms with van der Waals surface area (Å²) in [5.41, 5.74) is 4.74. The molecule has 2 aromatic carbocycles. The Kier molecular flexibility index (Phi) is 2.45. The highest BCUT2D eigenvalue weighted by atomic mass is 16.5. The molecular weight excluding hydrogens is 260 g/mol. The highest BCUT2D eigenvalue weighted by Crippen LogP contribution is 2.33. The van der Waals surface area contributed by atoms with E-state index in [4.69, 9.17) is 4.74 Å². The van der Waals surface area contributed by atoms with Gasteiger partial charge in [0.1, 0.15) is 11.4 Å². The first kappa shape index (κ1) is 12.2. The van der Waals surface area contributed by atoms with E-state index in [1.165, 1.54) is 27.4 Å². The van der Waals surface area contributed by atoms with E-state index >= 15 is 0 Å². The minimum Gasteiger partial charge on any atom is -0.497 e. The minimum absolute atomic E-state index is 0.874. The summed E-state index contributed by atoms with van der Waals surface area (Å²) in [6, 6.07) is 10.6. The molecule has 0 spiro atoms. The van der Waals surface area contributed by atoms with Gasteiger partial charge in [-0.3, -0.25) is 4.40 Å². The van der Waals surface area contributed by atoms with Crippen molar-refractivity contribution in [3.05, 3.63) is 53.9 Å². The molecule has 4 rings (SSSR count). The van der Waals surface area contributed by atoms with Crippen LogP contribution in [-0.4, -0.2) is 16.5 Å². The first-order valence-electron chi connectivity index (χ1n) is 7.03. The Labute approximate surface area is 122 Å². The van der Waals surface area contributed by atoms with Crippen LogP contribution in [0.1, 0.15) is 11.1 Å². The van der Waals surface area contributed by atoms with Crippen molar-refractivity contribution in [1.82, 2.24) is 9.38 Å². The fourth-order valence-electron chi connectivity index (χ4n) is 3.24. The van der Waals surface area contributed by atoms with Gasteiger partial charge >= 0.3 is 0 Å². The van der Waals surface area contributed by atoms with E-state index < -0.39 is 0 Å². The first-order valence-corrected chi connectivity index (χ1v) is 7.03. The Bertz CT molecular complexity index is 999. The summed E-state index contributed by atoms with van der Waals surface area (Å²) in [5, 5.41) is 3.58. The molecule has 0 saturated carbocycles. The van der Waals surface area contributed by atoms with Crippen LogP contribution in [0.5, 0.6) is 5.75 Å². The van der Waals surface area contributed by atoms with E-state index in [2.05, 4.69) is 47.5 Å². The minimum atomic E-state index is 0.874. The fraction of sp³-hybridized carbons (Fsp3) is 0.167. The van der Waals surface area contributed by atoms with E-state index in [1.54, 1.807) is 7.11 Å². The Morgan fingerprint density at radius 1 is 1.00 bits per heavy atom. The molecule has 0 amide bonds. The molecule has 0 aliphatic rings. The van der Waals surface area contributed by atoms with Crippen LogP contribution in [-0.2, 0) is 0 Å². The third-order valence-electron chi connectivity index (χ3n) is 4.08.